The second-order valence-corrected chi connectivity index (χ2v) is 6.89. The number of ether oxygens (including phenoxy) is 2. The van der Waals surface area contributed by atoms with Crippen LogP contribution in [0.3, 0.4) is 0 Å². The maximum absolute atomic E-state index is 10.7. The Morgan fingerprint density at radius 3 is 2.52 bits per heavy atom. The number of nitro groups is 1. The van der Waals surface area contributed by atoms with E-state index in [9.17, 15) is 10.1 Å². The number of benzene rings is 1. The van der Waals surface area contributed by atoms with Crippen LogP contribution < -0.4 is 9.47 Å². The molecule has 0 unspecified atom stereocenters. The van der Waals surface area contributed by atoms with Crippen LogP contribution in [0.5, 0.6) is 11.5 Å². The third-order valence-corrected chi connectivity index (χ3v) is 5.75. The van der Waals surface area contributed by atoms with E-state index >= 15 is 0 Å². The van der Waals surface area contributed by atoms with Gasteiger partial charge in [0.25, 0.3) is 5.69 Å². The topological polar surface area (TPSA) is 61.6 Å². The summed E-state index contributed by atoms with van der Waals surface area (Å²) in [5.41, 5.74) is 1.07. The van der Waals surface area contributed by atoms with Crippen molar-refractivity contribution >= 4 is 28.4 Å². The second-order valence-electron chi connectivity index (χ2n) is 4.92. The summed E-state index contributed by atoms with van der Waals surface area (Å²) in [5, 5.41) is 12.7. The van der Waals surface area contributed by atoms with Gasteiger partial charge in [-0.3, -0.25) is 10.1 Å². The SMILES string of the molecule is O=[N+]([O-])c1ccc(-c2ccc(-c3scc4c3OCCO4)s2)cc1. The Morgan fingerprint density at radius 2 is 1.74 bits per heavy atom. The third kappa shape index (κ3) is 2.58. The summed E-state index contributed by atoms with van der Waals surface area (Å²) in [6.45, 7) is 1.15. The number of thiophene rings is 2. The van der Waals surface area contributed by atoms with Crippen LogP contribution in [-0.4, -0.2) is 18.1 Å². The van der Waals surface area contributed by atoms with Crippen molar-refractivity contribution in [2.45, 2.75) is 0 Å². The maximum Gasteiger partial charge on any atom is 0.269 e. The molecule has 0 aliphatic carbocycles. The van der Waals surface area contributed by atoms with Crippen LogP contribution in [0.4, 0.5) is 5.69 Å². The van der Waals surface area contributed by atoms with Crippen LogP contribution in [0.1, 0.15) is 0 Å². The van der Waals surface area contributed by atoms with E-state index in [1.165, 1.54) is 12.1 Å². The second kappa shape index (κ2) is 5.68. The molecule has 0 saturated heterocycles. The van der Waals surface area contributed by atoms with Gasteiger partial charge in [-0.2, -0.15) is 0 Å². The quantitative estimate of drug-likeness (QED) is 0.504. The lowest BCUT2D eigenvalue weighted by atomic mass is 10.2. The van der Waals surface area contributed by atoms with Gasteiger partial charge in [0.2, 0.25) is 0 Å². The van der Waals surface area contributed by atoms with Gasteiger partial charge in [0.15, 0.2) is 11.5 Å². The lowest BCUT2D eigenvalue weighted by Crippen LogP contribution is -2.14. The number of hydrogen-bond acceptors (Lipinski definition) is 6. The fraction of sp³-hybridized carbons (Fsp3) is 0.125. The van der Waals surface area contributed by atoms with Gasteiger partial charge in [-0.25, -0.2) is 0 Å². The molecule has 0 amide bonds. The average Bonchev–Trinajstić information content (AvgIpc) is 3.21. The molecule has 2 aromatic heterocycles. The molecular formula is C16H11NO4S2. The minimum Gasteiger partial charge on any atom is -0.485 e. The molecule has 0 saturated carbocycles. The first-order valence-corrected chi connectivity index (χ1v) is 8.64. The Bertz CT molecular complexity index is 867. The van der Waals surface area contributed by atoms with E-state index in [-0.39, 0.29) is 10.6 Å². The van der Waals surface area contributed by atoms with E-state index in [1.807, 2.05) is 17.5 Å². The first-order valence-electron chi connectivity index (χ1n) is 6.94. The number of rotatable bonds is 3. The highest BCUT2D eigenvalue weighted by molar-refractivity contribution is 7.23. The van der Waals surface area contributed by atoms with Crippen molar-refractivity contribution in [1.82, 2.24) is 0 Å². The number of hydrogen-bond donors (Lipinski definition) is 0. The molecule has 7 heteroatoms. The third-order valence-electron chi connectivity index (χ3n) is 3.49. The van der Waals surface area contributed by atoms with Crippen LogP contribution in [-0.2, 0) is 0 Å². The molecule has 0 spiro atoms. The van der Waals surface area contributed by atoms with Gasteiger partial charge in [-0.15, -0.1) is 22.7 Å². The van der Waals surface area contributed by atoms with Gasteiger partial charge in [0.05, 0.1) is 9.80 Å². The highest BCUT2D eigenvalue weighted by Crippen LogP contribution is 2.48. The molecule has 1 aliphatic heterocycles. The molecule has 23 heavy (non-hydrogen) atoms. The van der Waals surface area contributed by atoms with E-state index in [2.05, 4.69) is 0 Å². The van der Waals surface area contributed by atoms with Crippen molar-refractivity contribution in [3.8, 4) is 31.7 Å². The van der Waals surface area contributed by atoms with E-state index in [0.29, 0.717) is 13.2 Å². The Hall–Kier alpha value is -2.38. The summed E-state index contributed by atoms with van der Waals surface area (Å²) >= 11 is 3.24. The fourth-order valence-electron chi connectivity index (χ4n) is 2.40. The first-order chi connectivity index (χ1) is 11.2. The van der Waals surface area contributed by atoms with E-state index in [1.54, 1.807) is 34.8 Å². The van der Waals surface area contributed by atoms with Crippen molar-refractivity contribution < 1.29 is 14.4 Å². The molecule has 4 rings (SSSR count). The summed E-state index contributed by atoms with van der Waals surface area (Å²) in [5.74, 6) is 1.62. The molecule has 1 aliphatic rings. The minimum atomic E-state index is -0.390. The minimum absolute atomic E-state index is 0.100. The van der Waals surface area contributed by atoms with Crippen molar-refractivity contribution in [3.05, 3.63) is 51.9 Å². The van der Waals surface area contributed by atoms with Crippen LogP contribution in [0.2, 0.25) is 0 Å². The highest BCUT2D eigenvalue weighted by Gasteiger charge is 2.21. The van der Waals surface area contributed by atoms with E-state index in [4.69, 9.17) is 9.47 Å². The molecule has 0 radical (unpaired) electrons. The summed E-state index contributed by atoms with van der Waals surface area (Å²) in [7, 11) is 0. The number of nitrogens with zero attached hydrogens (tertiary/aromatic N) is 1. The molecule has 0 N–H and O–H groups in total. The monoisotopic (exact) mass is 345 g/mol. The van der Waals surface area contributed by atoms with Crippen LogP contribution >= 0.6 is 22.7 Å². The zero-order chi connectivity index (χ0) is 15.8. The van der Waals surface area contributed by atoms with Crippen molar-refractivity contribution in [2.75, 3.05) is 13.2 Å². The van der Waals surface area contributed by atoms with Crippen molar-refractivity contribution in [3.63, 3.8) is 0 Å². The van der Waals surface area contributed by atoms with Crippen LogP contribution in [0, 0.1) is 10.1 Å². The molecule has 0 fully saturated rings. The Kier molecular flexibility index (Phi) is 3.51. The van der Waals surface area contributed by atoms with Crippen molar-refractivity contribution in [1.29, 1.82) is 0 Å². The van der Waals surface area contributed by atoms with Gasteiger partial charge in [-0.05, 0) is 29.8 Å². The molecule has 5 nitrogen and oxygen atoms in total. The summed E-state index contributed by atoms with van der Waals surface area (Å²) in [6, 6.07) is 10.7. The fourth-order valence-corrected chi connectivity index (χ4v) is 4.46. The molecule has 0 atom stereocenters. The molecule has 3 heterocycles. The standard InChI is InChI=1S/C16H11NO4S2/c18-17(19)11-3-1-10(2-4-11)13-5-6-14(23-13)16-15-12(9-22-16)20-7-8-21-15/h1-6,9H,7-8H2. The maximum atomic E-state index is 10.7. The number of nitro benzene ring substituents is 1. The molecule has 116 valence electrons. The zero-order valence-corrected chi connectivity index (χ0v) is 13.5. The molecule has 3 aromatic rings. The van der Waals surface area contributed by atoms with Crippen molar-refractivity contribution in [2.24, 2.45) is 0 Å². The van der Waals surface area contributed by atoms with Gasteiger partial charge in [0.1, 0.15) is 13.2 Å². The summed E-state index contributed by atoms with van der Waals surface area (Å²) in [6.07, 6.45) is 0. The molecule has 1 aromatic carbocycles. The van der Waals surface area contributed by atoms with E-state index < -0.39 is 0 Å². The molecule has 0 bridgehead atoms. The lowest BCUT2D eigenvalue weighted by molar-refractivity contribution is -0.384. The number of non-ortho nitro benzene ring substituents is 1. The van der Waals surface area contributed by atoms with Gasteiger partial charge in [0, 0.05) is 27.3 Å². The normalized spacial score (nSPS) is 13.0. The van der Waals surface area contributed by atoms with Gasteiger partial charge < -0.3 is 9.47 Å². The largest absolute Gasteiger partial charge is 0.485 e. The Morgan fingerprint density at radius 1 is 1.00 bits per heavy atom. The van der Waals surface area contributed by atoms with Crippen LogP contribution in [0.15, 0.2) is 41.8 Å². The predicted octanol–water partition coefficient (Wildman–Crippen LogP) is 4.82. The zero-order valence-electron chi connectivity index (χ0n) is 11.9. The molecular weight excluding hydrogens is 334 g/mol. The van der Waals surface area contributed by atoms with Gasteiger partial charge in [-0.1, -0.05) is 0 Å². The highest BCUT2D eigenvalue weighted by atomic mass is 32.1. The van der Waals surface area contributed by atoms with E-state index in [0.717, 1.165) is 31.7 Å². The lowest BCUT2D eigenvalue weighted by Gasteiger charge is -2.15. The van der Waals surface area contributed by atoms with Gasteiger partial charge >= 0.3 is 0 Å². The van der Waals surface area contributed by atoms with Crippen LogP contribution in [0.25, 0.3) is 20.2 Å². The predicted molar refractivity (Wildman–Crippen MR) is 90.7 cm³/mol. The Balaban J connectivity index is 1.66. The first kappa shape index (κ1) is 14.2. The smallest absolute Gasteiger partial charge is 0.269 e. The summed E-state index contributed by atoms with van der Waals surface area (Å²) < 4.78 is 11.3. The number of fused-ring (bicyclic) bond motifs is 1. The summed E-state index contributed by atoms with van der Waals surface area (Å²) in [4.78, 5) is 13.6. The Labute approximate surface area is 139 Å². The average molecular weight is 345 g/mol.